The van der Waals surface area contributed by atoms with Crippen LogP contribution in [0.15, 0.2) is 18.2 Å². The van der Waals surface area contributed by atoms with Crippen LogP contribution in [-0.2, 0) is 4.74 Å². The monoisotopic (exact) mass is 220 g/mol. The van der Waals surface area contributed by atoms with E-state index in [4.69, 9.17) is 0 Å². The zero-order chi connectivity index (χ0) is 11.5. The lowest BCUT2D eigenvalue weighted by molar-refractivity contribution is 0.0600. The Bertz CT molecular complexity index is 392. The molecule has 3 heteroatoms. The summed E-state index contributed by atoms with van der Waals surface area (Å²) in [6.45, 7) is 0. The molecule has 1 saturated carbocycles. The topological polar surface area (TPSA) is 46.5 Å². The van der Waals surface area contributed by atoms with Crippen LogP contribution in [0, 0.1) is 0 Å². The molecular formula is C13H16O3. The fraction of sp³-hybridized carbons (Fsp3) is 0.462. The Morgan fingerprint density at radius 2 is 2.06 bits per heavy atom. The first-order chi connectivity index (χ1) is 7.72. The van der Waals surface area contributed by atoms with Gasteiger partial charge in [-0.3, -0.25) is 0 Å². The molecule has 1 aromatic rings. The third-order valence-electron chi connectivity index (χ3n) is 3.24. The van der Waals surface area contributed by atoms with E-state index in [1.54, 1.807) is 18.2 Å². The van der Waals surface area contributed by atoms with Crippen molar-refractivity contribution in [3.63, 3.8) is 0 Å². The predicted molar refractivity (Wildman–Crippen MR) is 60.7 cm³/mol. The summed E-state index contributed by atoms with van der Waals surface area (Å²) in [6, 6.07) is 4.94. The molecule has 86 valence electrons. The van der Waals surface area contributed by atoms with Crippen LogP contribution in [-0.4, -0.2) is 18.2 Å². The molecular weight excluding hydrogens is 204 g/mol. The molecule has 1 N–H and O–H groups in total. The van der Waals surface area contributed by atoms with Gasteiger partial charge < -0.3 is 9.84 Å². The molecule has 0 amide bonds. The van der Waals surface area contributed by atoms with Gasteiger partial charge in [0.25, 0.3) is 0 Å². The van der Waals surface area contributed by atoms with Gasteiger partial charge in [-0.15, -0.1) is 0 Å². The Morgan fingerprint density at radius 1 is 1.38 bits per heavy atom. The highest BCUT2D eigenvalue weighted by Crippen LogP contribution is 2.38. The molecule has 0 aromatic heterocycles. The van der Waals surface area contributed by atoms with Crippen LogP contribution in [0.4, 0.5) is 0 Å². The summed E-state index contributed by atoms with van der Waals surface area (Å²) in [5.74, 6) is 0.336. The van der Waals surface area contributed by atoms with Crippen LogP contribution in [0.3, 0.4) is 0 Å². The van der Waals surface area contributed by atoms with Gasteiger partial charge in [-0.05, 0) is 42.5 Å². The van der Waals surface area contributed by atoms with Crippen LogP contribution in [0.2, 0.25) is 0 Å². The summed E-state index contributed by atoms with van der Waals surface area (Å²) < 4.78 is 4.67. The number of phenolic OH excluding ortho intramolecular Hbond substituents is 1. The first-order valence-electron chi connectivity index (χ1n) is 5.63. The number of rotatable bonds is 2. The van der Waals surface area contributed by atoms with Crippen molar-refractivity contribution in [1.82, 2.24) is 0 Å². The van der Waals surface area contributed by atoms with Crippen LogP contribution in [0.5, 0.6) is 5.75 Å². The van der Waals surface area contributed by atoms with E-state index < -0.39 is 0 Å². The van der Waals surface area contributed by atoms with Crippen molar-refractivity contribution in [2.24, 2.45) is 0 Å². The lowest BCUT2D eigenvalue weighted by Crippen LogP contribution is -2.03. The third kappa shape index (κ3) is 2.03. The molecule has 0 radical (unpaired) electrons. The first-order valence-corrected chi connectivity index (χ1v) is 5.63. The molecule has 0 heterocycles. The number of carbonyl (C=O) groups excluding carboxylic acids is 1. The summed E-state index contributed by atoms with van der Waals surface area (Å²) in [4.78, 5) is 11.4. The standard InChI is InChI=1S/C13H16O3/c1-16-13(15)10-6-7-12(14)11(8-10)9-4-2-3-5-9/h6-9,14H,2-5H2,1H3. The number of esters is 1. The minimum Gasteiger partial charge on any atom is -0.508 e. The van der Waals surface area contributed by atoms with Crippen molar-refractivity contribution in [3.05, 3.63) is 29.3 Å². The summed E-state index contributed by atoms with van der Waals surface area (Å²) in [5, 5.41) is 9.80. The van der Waals surface area contributed by atoms with Gasteiger partial charge in [0.1, 0.15) is 5.75 Å². The van der Waals surface area contributed by atoms with Gasteiger partial charge in [0.05, 0.1) is 12.7 Å². The average Bonchev–Trinajstić information content (AvgIpc) is 2.82. The van der Waals surface area contributed by atoms with E-state index in [1.165, 1.54) is 20.0 Å². The molecule has 0 bridgehead atoms. The highest BCUT2D eigenvalue weighted by Gasteiger charge is 2.21. The second kappa shape index (κ2) is 4.56. The Kier molecular flexibility index (Phi) is 3.13. The van der Waals surface area contributed by atoms with Gasteiger partial charge >= 0.3 is 5.97 Å². The quantitative estimate of drug-likeness (QED) is 0.779. The maximum Gasteiger partial charge on any atom is 0.337 e. The number of carbonyl (C=O) groups is 1. The Hall–Kier alpha value is -1.51. The van der Waals surface area contributed by atoms with Crippen molar-refractivity contribution in [1.29, 1.82) is 0 Å². The molecule has 3 nitrogen and oxygen atoms in total. The molecule has 0 spiro atoms. The lowest BCUT2D eigenvalue weighted by atomic mass is 9.95. The zero-order valence-electron chi connectivity index (χ0n) is 9.40. The van der Waals surface area contributed by atoms with Crippen molar-refractivity contribution in [2.45, 2.75) is 31.6 Å². The smallest absolute Gasteiger partial charge is 0.337 e. The SMILES string of the molecule is COC(=O)c1ccc(O)c(C2CCCC2)c1. The molecule has 1 aliphatic rings. The van der Waals surface area contributed by atoms with E-state index in [-0.39, 0.29) is 5.97 Å². The zero-order valence-corrected chi connectivity index (χ0v) is 9.40. The van der Waals surface area contributed by atoms with Crippen LogP contribution < -0.4 is 0 Å². The molecule has 0 atom stereocenters. The van der Waals surface area contributed by atoms with Gasteiger partial charge in [0, 0.05) is 0 Å². The largest absolute Gasteiger partial charge is 0.508 e. The Morgan fingerprint density at radius 3 is 2.69 bits per heavy atom. The summed E-state index contributed by atoms with van der Waals surface area (Å²) in [6.07, 6.45) is 4.59. The van der Waals surface area contributed by atoms with E-state index in [1.807, 2.05) is 0 Å². The van der Waals surface area contributed by atoms with Gasteiger partial charge in [-0.1, -0.05) is 12.8 Å². The van der Waals surface area contributed by atoms with Crippen LogP contribution in [0.1, 0.15) is 47.5 Å². The second-order valence-electron chi connectivity index (χ2n) is 4.25. The number of ether oxygens (including phenoxy) is 1. The Balaban J connectivity index is 2.32. The fourth-order valence-corrected chi connectivity index (χ4v) is 2.36. The third-order valence-corrected chi connectivity index (χ3v) is 3.24. The summed E-state index contributed by atoms with van der Waals surface area (Å²) >= 11 is 0. The highest BCUT2D eigenvalue weighted by atomic mass is 16.5. The van der Waals surface area contributed by atoms with Gasteiger partial charge in [-0.25, -0.2) is 4.79 Å². The van der Waals surface area contributed by atoms with E-state index in [9.17, 15) is 9.90 Å². The highest BCUT2D eigenvalue weighted by molar-refractivity contribution is 5.89. The van der Waals surface area contributed by atoms with Crippen molar-refractivity contribution in [3.8, 4) is 5.75 Å². The van der Waals surface area contributed by atoms with E-state index >= 15 is 0 Å². The molecule has 16 heavy (non-hydrogen) atoms. The number of hydrogen-bond acceptors (Lipinski definition) is 3. The summed E-state index contributed by atoms with van der Waals surface area (Å²) in [7, 11) is 1.37. The normalized spacial score (nSPS) is 16.3. The lowest BCUT2D eigenvalue weighted by Gasteiger charge is -2.12. The molecule has 0 saturated heterocycles. The van der Waals surface area contributed by atoms with Crippen molar-refractivity contribution < 1.29 is 14.6 Å². The number of hydrogen-bond donors (Lipinski definition) is 1. The first kappa shape index (κ1) is 11.0. The number of benzene rings is 1. The van der Waals surface area contributed by atoms with Crippen LogP contribution >= 0.6 is 0 Å². The minimum atomic E-state index is -0.348. The maximum absolute atomic E-state index is 11.4. The molecule has 0 aliphatic heterocycles. The number of methoxy groups -OCH3 is 1. The summed E-state index contributed by atoms with van der Waals surface area (Å²) in [5.41, 5.74) is 1.41. The maximum atomic E-state index is 11.4. The van der Waals surface area contributed by atoms with Crippen LogP contribution in [0.25, 0.3) is 0 Å². The molecule has 1 aromatic carbocycles. The molecule has 2 rings (SSSR count). The molecule has 1 fully saturated rings. The predicted octanol–water partition coefficient (Wildman–Crippen LogP) is 2.84. The molecule has 0 unspecified atom stereocenters. The number of phenols is 1. The minimum absolute atomic E-state index is 0.291. The van der Waals surface area contributed by atoms with Crippen molar-refractivity contribution >= 4 is 5.97 Å². The second-order valence-corrected chi connectivity index (χ2v) is 4.25. The fourth-order valence-electron chi connectivity index (χ4n) is 2.36. The van der Waals surface area contributed by atoms with E-state index in [0.717, 1.165) is 18.4 Å². The van der Waals surface area contributed by atoms with Gasteiger partial charge in [0.2, 0.25) is 0 Å². The van der Waals surface area contributed by atoms with Gasteiger partial charge in [0.15, 0.2) is 0 Å². The molecule has 1 aliphatic carbocycles. The van der Waals surface area contributed by atoms with E-state index in [2.05, 4.69) is 4.74 Å². The van der Waals surface area contributed by atoms with Crippen molar-refractivity contribution in [2.75, 3.05) is 7.11 Å². The van der Waals surface area contributed by atoms with E-state index in [0.29, 0.717) is 17.2 Å². The Labute approximate surface area is 95.0 Å². The number of aromatic hydroxyl groups is 1. The average molecular weight is 220 g/mol. The van der Waals surface area contributed by atoms with Gasteiger partial charge in [-0.2, -0.15) is 0 Å².